The fourth-order valence-corrected chi connectivity index (χ4v) is 1.91. The van der Waals surface area contributed by atoms with Gasteiger partial charge in [-0.15, -0.1) is 0 Å². The minimum atomic E-state index is -0.286. The van der Waals surface area contributed by atoms with Crippen molar-refractivity contribution in [2.75, 3.05) is 0 Å². The van der Waals surface area contributed by atoms with Crippen molar-refractivity contribution < 1.29 is 9.90 Å². The number of aromatic hydroxyl groups is 1. The Balaban J connectivity index is 2.03. The van der Waals surface area contributed by atoms with E-state index in [0.717, 1.165) is 12.8 Å². The molecule has 0 aromatic heterocycles. The van der Waals surface area contributed by atoms with Crippen LogP contribution >= 0.6 is 11.6 Å². The summed E-state index contributed by atoms with van der Waals surface area (Å²) in [4.78, 5) is 11.7. The number of halogens is 1. The molecule has 0 saturated heterocycles. The Morgan fingerprint density at radius 3 is 2.75 bits per heavy atom. The van der Waals surface area contributed by atoms with Crippen molar-refractivity contribution in [1.82, 2.24) is 5.32 Å². The molecule has 1 aliphatic rings. The van der Waals surface area contributed by atoms with Crippen molar-refractivity contribution in [2.45, 2.75) is 24.9 Å². The number of nitrogens with one attached hydrogen (secondary N) is 1. The Labute approximate surface area is 98.4 Å². The fourth-order valence-electron chi connectivity index (χ4n) is 1.74. The van der Waals surface area contributed by atoms with Crippen molar-refractivity contribution >= 4 is 17.5 Å². The van der Waals surface area contributed by atoms with Gasteiger partial charge in [-0.3, -0.25) is 4.79 Å². The van der Waals surface area contributed by atoms with Gasteiger partial charge in [0.05, 0.1) is 5.56 Å². The summed E-state index contributed by atoms with van der Waals surface area (Å²) in [6.45, 7) is 0. The van der Waals surface area contributed by atoms with Crippen molar-refractivity contribution in [3.05, 3.63) is 28.8 Å². The molecule has 4 N–H and O–H groups in total. The van der Waals surface area contributed by atoms with E-state index in [9.17, 15) is 9.90 Å². The number of hydrogen-bond acceptors (Lipinski definition) is 3. The molecule has 0 heterocycles. The third kappa shape index (κ3) is 2.28. The number of phenolic OH excluding ortho intramolecular Hbond substituents is 1. The zero-order valence-electron chi connectivity index (χ0n) is 8.61. The number of benzene rings is 1. The molecular formula is C11H13ClN2O2. The van der Waals surface area contributed by atoms with Gasteiger partial charge < -0.3 is 16.2 Å². The normalized spacial score (nSPS) is 23.6. The van der Waals surface area contributed by atoms with E-state index >= 15 is 0 Å². The van der Waals surface area contributed by atoms with Crippen LogP contribution in [0.1, 0.15) is 23.2 Å². The number of carbonyl (C=O) groups excluding carboxylic acids is 1. The van der Waals surface area contributed by atoms with Crippen LogP contribution in [0.4, 0.5) is 0 Å². The maximum absolute atomic E-state index is 11.7. The number of phenols is 1. The van der Waals surface area contributed by atoms with Gasteiger partial charge in [-0.2, -0.15) is 0 Å². The maximum atomic E-state index is 11.7. The molecule has 1 fully saturated rings. The Morgan fingerprint density at radius 2 is 2.19 bits per heavy atom. The quantitative estimate of drug-likeness (QED) is 0.729. The van der Waals surface area contributed by atoms with Crippen LogP contribution < -0.4 is 11.1 Å². The van der Waals surface area contributed by atoms with Crippen LogP contribution in [0.2, 0.25) is 5.02 Å². The zero-order valence-corrected chi connectivity index (χ0v) is 9.37. The monoisotopic (exact) mass is 240 g/mol. The molecule has 0 aliphatic heterocycles. The number of carbonyl (C=O) groups is 1. The molecule has 0 bridgehead atoms. The molecular weight excluding hydrogens is 228 g/mol. The van der Waals surface area contributed by atoms with Gasteiger partial charge in [0, 0.05) is 17.1 Å². The summed E-state index contributed by atoms with van der Waals surface area (Å²) in [5.74, 6) is -0.389. The maximum Gasteiger partial charge on any atom is 0.255 e. The second-order valence-electron chi connectivity index (χ2n) is 4.06. The summed E-state index contributed by atoms with van der Waals surface area (Å²) in [5.41, 5.74) is 5.86. The lowest BCUT2D eigenvalue weighted by Gasteiger charge is -2.32. The Hall–Kier alpha value is -1.26. The van der Waals surface area contributed by atoms with Gasteiger partial charge in [-0.05, 0) is 31.0 Å². The average Bonchev–Trinajstić information content (AvgIpc) is 2.15. The molecule has 1 aromatic carbocycles. The lowest BCUT2D eigenvalue weighted by Crippen LogP contribution is -2.50. The predicted octanol–water partition coefficient (Wildman–Crippen LogP) is 1.27. The highest BCUT2D eigenvalue weighted by atomic mass is 35.5. The second-order valence-corrected chi connectivity index (χ2v) is 4.50. The van der Waals surface area contributed by atoms with Gasteiger partial charge in [0.25, 0.3) is 5.91 Å². The van der Waals surface area contributed by atoms with Crippen LogP contribution in [0.5, 0.6) is 5.75 Å². The van der Waals surface area contributed by atoms with Crippen LogP contribution in [0.25, 0.3) is 0 Å². The second kappa shape index (κ2) is 4.31. The van der Waals surface area contributed by atoms with E-state index in [0.29, 0.717) is 5.02 Å². The molecule has 0 spiro atoms. The molecule has 1 aliphatic carbocycles. The summed E-state index contributed by atoms with van der Waals surface area (Å²) in [5, 5.41) is 12.8. The van der Waals surface area contributed by atoms with E-state index in [-0.39, 0.29) is 29.3 Å². The lowest BCUT2D eigenvalue weighted by atomic mass is 9.87. The van der Waals surface area contributed by atoms with E-state index in [2.05, 4.69) is 5.32 Å². The first kappa shape index (κ1) is 11.2. The number of rotatable bonds is 2. The minimum Gasteiger partial charge on any atom is -0.507 e. The topological polar surface area (TPSA) is 75.3 Å². The van der Waals surface area contributed by atoms with Crippen molar-refractivity contribution in [3.8, 4) is 5.75 Å². The van der Waals surface area contributed by atoms with E-state index < -0.39 is 0 Å². The first-order valence-electron chi connectivity index (χ1n) is 5.11. The molecule has 16 heavy (non-hydrogen) atoms. The highest BCUT2D eigenvalue weighted by Gasteiger charge is 2.27. The standard InChI is InChI=1S/C11H13ClN2O2/c12-6-1-2-9(10(15)3-6)11(16)14-8-4-7(13)5-8/h1-3,7-8,15H,4-5,13H2,(H,14,16). The molecule has 1 saturated carbocycles. The van der Waals surface area contributed by atoms with Crippen LogP contribution in [-0.2, 0) is 0 Å². The van der Waals surface area contributed by atoms with Gasteiger partial charge in [0.1, 0.15) is 5.75 Å². The van der Waals surface area contributed by atoms with E-state index in [4.69, 9.17) is 17.3 Å². The number of nitrogens with two attached hydrogens (primary N) is 1. The number of amides is 1. The molecule has 1 aromatic rings. The summed E-state index contributed by atoms with van der Waals surface area (Å²) in [6.07, 6.45) is 1.58. The van der Waals surface area contributed by atoms with Crippen LogP contribution in [-0.4, -0.2) is 23.1 Å². The van der Waals surface area contributed by atoms with Crippen molar-refractivity contribution in [2.24, 2.45) is 5.73 Å². The molecule has 0 atom stereocenters. The van der Waals surface area contributed by atoms with E-state index in [1.165, 1.54) is 12.1 Å². The zero-order chi connectivity index (χ0) is 11.7. The Morgan fingerprint density at radius 1 is 1.50 bits per heavy atom. The van der Waals surface area contributed by atoms with Gasteiger partial charge >= 0.3 is 0 Å². The lowest BCUT2D eigenvalue weighted by molar-refractivity contribution is 0.0907. The molecule has 0 radical (unpaired) electrons. The Bertz CT molecular complexity index is 416. The summed E-state index contributed by atoms with van der Waals surface area (Å²) in [7, 11) is 0. The molecule has 2 rings (SSSR count). The summed E-state index contributed by atoms with van der Waals surface area (Å²) >= 11 is 5.68. The van der Waals surface area contributed by atoms with Gasteiger partial charge in [0.15, 0.2) is 0 Å². The summed E-state index contributed by atoms with van der Waals surface area (Å²) in [6, 6.07) is 4.73. The third-order valence-corrected chi connectivity index (χ3v) is 2.95. The van der Waals surface area contributed by atoms with Crippen LogP contribution in [0, 0.1) is 0 Å². The Kier molecular flexibility index (Phi) is 3.03. The van der Waals surface area contributed by atoms with Gasteiger partial charge in [-0.1, -0.05) is 11.6 Å². The van der Waals surface area contributed by atoms with Crippen LogP contribution in [0.3, 0.4) is 0 Å². The van der Waals surface area contributed by atoms with Crippen LogP contribution in [0.15, 0.2) is 18.2 Å². The SMILES string of the molecule is NC1CC(NC(=O)c2ccc(Cl)cc2O)C1. The smallest absolute Gasteiger partial charge is 0.255 e. The predicted molar refractivity (Wildman–Crippen MR) is 61.6 cm³/mol. The minimum absolute atomic E-state index is 0.103. The number of hydrogen-bond donors (Lipinski definition) is 3. The van der Waals surface area contributed by atoms with Crippen molar-refractivity contribution in [3.63, 3.8) is 0 Å². The fraction of sp³-hybridized carbons (Fsp3) is 0.364. The first-order chi connectivity index (χ1) is 7.56. The molecule has 86 valence electrons. The first-order valence-corrected chi connectivity index (χ1v) is 5.49. The molecule has 0 unspecified atom stereocenters. The average molecular weight is 241 g/mol. The van der Waals surface area contributed by atoms with E-state index in [1.807, 2.05) is 0 Å². The molecule has 5 heteroatoms. The molecule has 1 amide bonds. The van der Waals surface area contributed by atoms with Gasteiger partial charge in [0.2, 0.25) is 0 Å². The highest BCUT2D eigenvalue weighted by molar-refractivity contribution is 6.30. The summed E-state index contributed by atoms with van der Waals surface area (Å²) < 4.78 is 0. The highest BCUT2D eigenvalue weighted by Crippen LogP contribution is 2.23. The largest absolute Gasteiger partial charge is 0.507 e. The molecule has 4 nitrogen and oxygen atoms in total. The van der Waals surface area contributed by atoms with E-state index in [1.54, 1.807) is 6.07 Å². The van der Waals surface area contributed by atoms with Crippen molar-refractivity contribution in [1.29, 1.82) is 0 Å². The van der Waals surface area contributed by atoms with Gasteiger partial charge in [-0.25, -0.2) is 0 Å². The third-order valence-electron chi connectivity index (χ3n) is 2.71.